The molecule has 0 aliphatic heterocycles. The van der Waals surface area contributed by atoms with E-state index >= 15 is 0 Å². The number of aromatic nitrogens is 1. The summed E-state index contributed by atoms with van der Waals surface area (Å²) in [4.78, 5) is 16.6. The van der Waals surface area contributed by atoms with E-state index in [9.17, 15) is 27.1 Å². The summed E-state index contributed by atoms with van der Waals surface area (Å²) in [7, 11) is -3.66. The second kappa shape index (κ2) is 12.6. The van der Waals surface area contributed by atoms with Crippen molar-refractivity contribution in [3.8, 4) is 0 Å². The Kier molecular flexibility index (Phi) is 9.76. The summed E-state index contributed by atoms with van der Waals surface area (Å²) in [6.07, 6.45) is -0.267. The molecule has 0 radical (unpaired) electrons. The lowest BCUT2D eigenvalue weighted by Crippen LogP contribution is -2.48. The van der Waals surface area contributed by atoms with Gasteiger partial charge in [-0.05, 0) is 71.3 Å². The summed E-state index contributed by atoms with van der Waals surface area (Å²) >= 11 is 2.19. The Morgan fingerprint density at radius 1 is 1.17 bits per heavy atom. The van der Waals surface area contributed by atoms with Crippen molar-refractivity contribution in [1.29, 1.82) is 0 Å². The van der Waals surface area contributed by atoms with Gasteiger partial charge in [0, 0.05) is 22.7 Å². The molecule has 36 heavy (non-hydrogen) atoms. The van der Waals surface area contributed by atoms with Gasteiger partial charge in [0.25, 0.3) is 5.91 Å². The number of aliphatic hydroxyl groups is 1. The highest BCUT2D eigenvalue weighted by Gasteiger charge is 2.25. The Balaban J connectivity index is 1.71. The Morgan fingerprint density at radius 2 is 1.89 bits per heavy atom. The minimum atomic E-state index is -3.66. The van der Waals surface area contributed by atoms with Gasteiger partial charge in [-0.3, -0.25) is 4.79 Å². The molecule has 2 aromatic carbocycles. The lowest BCUT2D eigenvalue weighted by atomic mass is 10.0. The van der Waals surface area contributed by atoms with Crippen molar-refractivity contribution >= 4 is 44.5 Å². The Bertz CT molecular complexity index is 1280. The second-order valence-corrected chi connectivity index (χ2v) is 11.2. The Morgan fingerprint density at radius 3 is 2.56 bits per heavy atom. The van der Waals surface area contributed by atoms with Gasteiger partial charge in [-0.15, -0.1) is 0 Å². The molecule has 0 saturated carbocycles. The van der Waals surface area contributed by atoms with Crippen molar-refractivity contribution < 1.29 is 31.5 Å². The molecular weight excluding hydrogens is 609 g/mol. The predicted molar refractivity (Wildman–Crippen MR) is 138 cm³/mol. The molecule has 2 atom stereocenters. The number of carbonyl (C=O) groups excluding carboxylic acids is 1. The first-order valence-corrected chi connectivity index (χ1v) is 13.6. The van der Waals surface area contributed by atoms with Crippen LogP contribution in [0.5, 0.6) is 0 Å². The van der Waals surface area contributed by atoms with Crippen molar-refractivity contribution in [1.82, 2.24) is 15.6 Å². The minimum absolute atomic E-state index is 0.0641. The maximum absolute atomic E-state index is 13.7. The standard InChI is InChI=1S/C23H25F2IN4O5S/c1-2-36(33,34)30-23-29-20(13-35-23)22(32)28-19(9-15-6-16(24)10-17(25)7-15)21(31)12-27-11-14-4-3-5-18(26)8-14/h3-8,10,13,19,21,27,31H,2,9,11-12H2,1H3,(H,28,32)(H,29,30)/t19-,21-/m0/s1. The van der Waals surface area contributed by atoms with E-state index in [1.165, 1.54) is 6.92 Å². The van der Waals surface area contributed by atoms with Gasteiger partial charge in [0.1, 0.15) is 17.9 Å². The fourth-order valence-electron chi connectivity index (χ4n) is 3.29. The van der Waals surface area contributed by atoms with Gasteiger partial charge in [-0.25, -0.2) is 21.9 Å². The molecule has 1 amide bonds. The molecule has 0 unspecified atom stereocenters. The number of benzene rings is 2. The Hall–Kier alpha value is -2.62. The summed E-state index contributed by atoms with van der Waals surface area (Å²) in [5, 5.41) is 16.5. The molecular formula is C23H25F2IN4O5S. The van der Waals surface area contributed by atoms with Crippen LogP contribution in [0.15, 0.2) is 53.1 Å². The molecule has 0 aliphatic carbocycles. The highest BCUT2D eigenvalue weighted by molar-refractivity contribution is 14.1. The largest absolute Gasteiger partial charge is 0.431 e. The van der Waals surface area contributed by atoms with Gasteiger partial charge in [-0.1, -0.05) is 12.1 Å². The van der Waals surface area contributed by atoms with Crippen LogP contribution in [0.4, 0.5) is 14.8 Å². The number of carbonyl (C=O) groups is 1. The van der Waals surface area contributed by atoms with Crippen LogP contribution < -0.4 is 15.4 Å². The van der Waals surface area contributed by atoms with E-state index in [0.29, 0.717) is 6.54 Å². The SMILES string of the molecule is CCS(=O)(=O)Nc1nc(C(=O)N[C@@H](Cc2cc(F)cc(F)c2)[C@@H](O)CNCc2cccc(I)c2)co1. The first-order chi connectivity index (χ1) is 17.0. The summed E-state index contributed by atoms with van der Waals surface area (Å²) in [6, 6.07) is 9.36. The van der Waals surface area contributed by atoms with Gasteiger partial charge in [0.05, 0.1) is 17.9 Å². The van der Waals surface area contributed by atoms with Gasteiger partial charge < -0.3 is 20.2 Å². The summed E-state index contributed by atoms with van der Waals surface area (Å²) in [5.41, 5.74) is 0.982. The van der Waals surface area contributed by atoms with Crippen LogP contribution in [0, 0.1) is 15.2 Å². The number of hydrogen-bond acceptors (Lipinski definition) is 7. The molecule has 4 N–H and O–H groups in total. The first kappa shape index (κ1) is 28.0. The molecule has 1 aromatic heterocycles. The third-order valence-corrected chi connectivity index (χ3v) is 7.01. The lowest BCUT2D eigenvalue weighted by Gasteiger charge is -2.24. The number of aliphatic hydroxyl groups excluding tert-OH is 1. The monoisotopic (exact) mass is 634 g/mol. The van der Waals surface area contributed by atoms with E-state index in [1.807, 2.05) is 24.3 Å². The zero-order valence-corrected chi connectivity index (χ0v) is 22.1. The van der Waals surface area contributed by atoms with E-state index in [1.54, 1.807) is 0 Å². The lowest BCUT2D eigenvalue weighted by molar-refractivity contribution is 0.0825. The van der Waals surface area contributed by atoms with E-state index in [2.05, 4.69) is 42.9 Å². The Labute approximate surface area is 220 Å². The number of halogens is 3. The number of rotatable bonds is 12. The highest BCUT2D eigenvalue weighted by Crippen LogP contribution is 2.14. The van der Waals surface area contributed by atoms with E-state index in [-0.39, 0.29) is 36.0 Å². The maximum atomic E-state index is 13.7. The average molecular weight is 634 g/mol. The van der Waals surface area contributed by atoms with Crippen molar-refractivity contribution in [3.63, 3.8) is 0 Å². The van der Waals surface area contributed by atoms with Gasteiger partial charge in [0.2, 0.25) is 10.0 Å². The zero-order chi connectivity index (χ0) is 26.3. The summed E-state index contributed by atoms with van der Waals surface area (Å²) < 4.78 is 58.9. The van der Waals surface area contributed by atoms with Crippen molar-refractivity contribution in [2.24, 2.45) is 0 Å². The van der Waals surface area contributed by atoms with Crippen LogP contribution in [0.1, 0.15) is 28.5 Å². The molecule has 0 fully saturated rings. The number of nitrogens with zero attached hydrogens (tertiary/aromatic N) is 1. The van der Waals surface area contributed by atoms with Crippen LogP contribution in [0.3, 0.4) is 0 Å². The van der Waals surface area contributed by atoms with Crippen LogP contribution in [0.25, 0.3) is 0 Å². The first-order valence-electron chi connectivity index (χ1n) is 10.9. The minimum Gasteiger partial charge on any atom is -0.431 e. The normalized spacial score (nSPS) is 13.2. The number of nitrogens with one attached hydrogen (secondary N) is 3. The number of sulfonamides is 1. The van der Waals surface area contributed by atoms with E-state index in [0.717, 1.165) is 33.6 Å². The number of hydrogen-bond donors (Lipinski definition) is 4. The molecule has 9 nitrogen and oxygen atoms in total. The van der Waals surface area contributed by atoms with Gasteiger partial charge in [-0.2, -0.15) is 4.98 Å². The fourth-order valence-corrected chi connectivity index (χ4v) is 4.40. The fraction of sp³-hybridized carbons (Fsp3) is 0.304. The molecule has 0 spiro atoms. The van der Waals surface area contributed by atoms with Gasteiger partial charge >= 0.3 is 6.01 Å². The van der Waals surface area contributed by atoms with Crippen molar-refractivity contribution in [2.75, 3.05) is 17.0 Å². The summed E-state index contributed by atoms with van der Waals surface area (Å²) in [5.74, 6) is -2.56. The second-order valence-electron chi connectivity index (χ2n) is 7.93. The molecule has 1 heterocycles. The summed E-state index contributed by atoms with van der Waals surface area (Å²) in [6.45, 7) is 1.94. The van der Waals surface area contributed by atoms with Crippen LogP contribution in [0.2, 0.25) is 0 Å². The van der Waals surface area contributed by atoms with Crippen molar-refractivity contribution in [3.05, 3.63) is 80.8 Å². The van der Waals surface area contributed by atoms with Gasteiger partial charge in [0.15, 0.2) is 5.69 Å². The topological polar surface area (TPSA) is 134 Å². The molecule has 3 aromatic rings. The smallest absolute Gasteiger partial charge is 0.309 e. The molecule has 0 bridgehead atoms. The number of amides is 1. The maximum Gasteiger partial charge on any atom is 0.309 e. The molecule has 194 valence electrons. The average Bonchev–Trinajstić information content (AvgIpc) is 3.26. The third-order valence-electron chi connectivity index (χ3n) is 5.09. The van der Waals surface area contributed by atoms with Crippen LogP contribution in [-0.4, -0.2) is 48.9 Å². The zero-order valence-electron chi connectivity index (χ0n) is 19.2. The van der Waals surface area contributed by atoms with Crippen LogP contribution in [-0.2, 0) is 23.0 Å². The highest BCUT2D eigenvalue weighted by atomic mass is 127. The number of oxazole rings is 1. The molecule has 0 aliphatic rings. The number of anilines is 1. The predicted octanol–water partition coefficient (Wildman–Crippen LogP) is 2.81. The van der Waals surface area contributed by atoms with E-state index < -0.39 is 39.7 Å². The molecule has 13 heteroatoms. The third kappa shape index (κ3) is 8.50. The molecule has 0 saturated heterocycles. The quantitative estimate of drug-likeness (QED) is 0.225. The van der Waals surface area contributed by atoms with Crippen molar-refractivity contribution in [2.45, 2.75) is 32.0 Å². The van der Waals surface area contributed by atoms with Crippen LogP contribution >= 0.6 is 22.6 Å². The van der Waals surface area contributed by atoms with E-state index in [4.69, 9.17) is 4.42 Å². The molecule has 3 rings (SSSR count).